The summed E-state index contributed by atoms with van der Waals surface area (Å²) in [5.74, 6) is -3.38. The fourth-order valence-electron chi connectivity index (χ4n) is 3.87. The Morgan fingerprint density at radius 1 is 0.848 bits per heavy atom. The highest BCUT2D eigenvalue weighted by atomic mass is 16.5. The molecule has 0 spiro atoms. The number of hydrogen-bond donors (Lipinski definition) is 2. The molecule has 0 saturated carbocycles. The summed E-state index contributed by atoms with van der Waals surface area (Å²) in [5.41, 5.74) is 5.12. The molecule has 1 saturated heterocycles. The molecule has 0 bridgehead atoms. The van der Waals surface area contributed by atoms with Gasteiger partial charge in [-0.2, -0.15) is 0 Å². The van der Waals surface area contributed by atoms with Gasteiger partial charge in [0.2, 0.25) is 11.8 Å². The van der Waals surface area contributed by atoms with Crippen LogP contribution in [0.3, 0.4) is 0 Å². The van der Waals surface area contributed by atoms with Gasteiger partial charge >= 0.3 is 5.97 Å². The highest BCUT2D eigenvalue weighted by Gasteiger charge is 2.47. The number of carbonyl (C=O) groups excluding carboxylic acids is 5. The molecule has 168 valence electrons. The van der Waals surface area contributed by atoms with Gasteiger partial charge in [0, 0.05) is 5.56 Å². The molecule has 2 aliphatic rings. The van der Waals surface area contributed by atoms with Crippen molar-refractivity contribution < 1.29 is 28.7 Å². The number of esters is 1. The van der Waals surface area contributed by atoms with E-state index in [1.54, 1.807) is 36.4 Å². The monoisotopic (exact) mass is 447 g/mol. The molecule has 2 aromatic rings. The van der Waals surface area contributed by atoms with Crippen molar-refractivity contribution in [3.8, 4) is 0 Å². The van der Waals surface area contributed by atoms with Crippen LogP contribution in [-0.4, -0.2) is 36.2 Å². The third kappa shape index (κ3) is 4.67. The lowest BCUT2D eigenvalue weighted by Gasteiger charge is -2.15. The molecule has 1 fully saturated rings. The Morgan fingerprint density at radius 3 is 2.15 bits per heavy atom. The summed E-state index contributed by atoms with van der Waals surface area (Å²) in [6, 6.07) is 14.2. The van der Waals surface area contributed by atoms with Crippen molar-refractivity contribution in [3.63, 3.8) is 0 Å². The largest absolute Gasteiger partial charge is 0.452 e. The molecule has 4 rings (SSSR count). The first-order chi connectivity index (χ1) is 16.0. The second-order valence-corrected chi connectivity index (χ2v) is 7.66. The zero-order valence-electron chi connectivity index (χ0n) is 17.5. The number of hydrazine groups is 1. The molecule has 2 N–H and O–H groups in total. The minimum absolute atomic E-state index is 0.0854. The maximum atomic E-state index is 12.7. The molecule has 4 amide bonds. The van der Waals surface area contributed by atoms with E-state index in [4.69, 9.17) is 4.74 Å². The van der Waals surface area contributed by atoms with E-state index in [1.165, 1.54) is 18.2 Å². The van der Waals surface area contributed by atoms with Gasteiger partial charge in [0.05, 0.1) is 23.1 Å². The number of allylic oxidation sites excluding steroid dienone is 2. The van der Waals surface area contributed by atoms with Crippen LogP contribution >= 0.6 is 0 Å². The number of nitrogens with zero attached hydrogens (tertiary/aromatic N) is 1. The Hall–Kier alpha value is -4.27. The number of imide groups is 1. The smallest absolute Gasteiger partial charge is 0.338 e. The minimum atomic E-state index is -0.806. The molecule has 2 atom stereocenters. The number of carbonyl (C=O) groups is 5. The van der Waals surface area contributed by atoms with E-state index < -0.39 is 24.4 Å². The molecule has 0 radical (unpaired) electrons. The number of anilines is 1. The van der Waals surface area contributed by atoms with Gasteiger partial charge < -0.3 is 4.74 Å². The van der Waals surface area contributed by atoms with Crippen molar-refractivity contribution in [1.29, 1.82) is 0 Å². The maximum absolute atomic E-state index is 12.7. The number of nitrogens with one attached hydrogen (secondary N) is 2. The summed E-state index contributed by atoms with van der Waals surface area (Å²) in [6.07, 6.45) is 4.83. The van der Waals surface area contributed by atoms with Crippen molar-refractivity contribution in [1.82, 2.24) is 10.9 Å². The lowest BCUT2D eigenvalue weighted by molar-refractivity contribution is -0.125. The first-order valence-electron chi connectivity index (χ1n) is 10.4. The highest BCUT2D eigenvalue weighted by Crippen LogP contribution is 2.37. The summed E-state index contributed by atoms with van der Waals surface area (Å²) in [7, 11) is 0. The predicted octanol–water partition coefficient (Wildman–Crippen LogP) is 1.76. The summed E-state index contributed by atoms with van der Waals surface area (Å²) in [5, 5.41) is 0. The molecule has 9 nitrogen and oxygen atoms in total. The SMILES string of the molecule is O=C(COC(=O)c1cccc(N2C(=O)[C@H]3CC=CC[C@@H]3C2=O)c1)NNC(=O)c1ccccc1. The Bertz CT molecular complexity index is 1120. The quantitative estimate of drug-likeness (QED) is 0.312. The normalized spacial score (nSPS) is 19.1. The van der Waals surface area contributed by atoms with Crippen molar-refractivity contribution in [2.24, 2.45) is 11.8 Å². The van der Waals surface area contributed by atoms with Crippen LogP contribution in [-0.2, 0) is 19.1 Å². The van der Waals surface area contributed by atoms with E-state index in [-0.39, 0.29) is 34.9 Å². The van der Waals surface area contributed by atoms with Crippen LogP contribution in [0, 0.1) is 11.8 Å². The number of rotatable bonds is 5. The highest BCUT2D eigenvalue weighted by molar-refractivity contribution is 6.22. The van der Waals surface area contributed by atoms with Crippen molar-refractivity contribution in [3.05, 3.63) is 77.9 Å². The Morgan fingerprint density at radius 2 is 1.48 bits per heavy atom. The first kappa shape index (κ1) is 21.9. The molecule has 2 aromatic carbocycles. The third-order valence-electron chi connectivity index (χ3n) is 5.53. The Kier molecular flexibility index (Phi) is 6.30. The van der Waals surface area contributed by atoms with E-state index in [1.807, 2.05) is 12.2 Å². The molecule has 1 heterocycles. The van der Waals surface area contributed by atoms with Crippen LogP contribution in [0.15, 0.2) is 66.7 Å². The van der Waals surface area contributed by atoms with E-state index in [0.29, 0.717) is 18.4 Å². The number of amides is 4. The van der Waals surface area contributed by atoms with E-state index in [0.717, 1.165) is 4.90 Å². The molecule has 1 aliphatic heterocycles. The van der Waals surface area contributed by atoms with Crippen LogP contribution in [0.4, 0.5) is 5.69 Å². The number of fused-ring (bicyclic) bond motifs is 1. The molecule has 9 heteroatoms. The molecule has 1 aliphatic carbocycles. The van der Waals surface area contributed by atoms with Gasteiger partial charge in [-0.1, -0.05) is 36.4 Å². The third-order valence-corrected chi connectivity index (χ3v) is 5.53. The second kappa shape index (κ2) is 9.47. The zero-order chi connectivity index (χ0) is 23.4. The van der Waals surface area contributed by atoms with Crippen molar-refractivity contribution >= 4 is 35.3 Å². The lowest BCUT2D eigenvalue weighted by atomic mass is 9.85. The number of hydrogen-bond acceptors (Lipinski definition) is 6. The molecular formula is C24H21N3O6. The van der Waals surface area contributed by atoms with Gasteiger partial charge in [-0.05, 0) is 43.2 Å². The van der Waals surface area contributed by atoms with E-state index in [2.05, 4.69) is 10.9 Å². The van der Waals surface area contributed by atoms with Crippen LogP contribution in [0.5, 0.6) is 0 Å². The van der Waals surface area contributed by atoms with Crippen LogP contribution in [0.1, 0.15) is 33.6 Å². The van der Waals surface area contributed by atoms with Gasteiger partial charge in [-0.15, -0.1) is 0 Å². The summed E-state index contributed by atoms with van der Waals surface area (Å²) in [6.45, 7) is -0.629. The Balaban J connectivity index is 1.33. The van der Waals surface area contributed by atoms with E-state index >= 15 is 0 Å². The van der Waals surface area contributed by atoms with Gasteiger partial charge in [-0.3, -0.25) is 34.9 Å². The standard InChI is InChI=1S/C24H21N3O6/c28-20(25-26-21(29)15-7-2-1-3-8-15)14-33-24(32)16-9-6-10-17(13-16)27-22(30)18-11-4-5-12-19(18)23(27)31/h1-10,13,18-19H,11-12,14H2,(H,25,28)(H,26,29)/t18-,19-/m0/s1. The summed E-state index contributed by atoms with van der Waals surface area (Å²) in [4.78, 5) is 62.8. The summed E-state index contributed by atoms with van der Waals surface area (Å²) < 4.78 is 4.99. The average Bonchev–Trinajstić information content (AvgIpc) is 3.11. The van der Waals surface area contributed by atoms with Crippen LogP contribution in [0.2, 0.25) is 0 Å². The number of benzene rings is 2. The van der Waals surface area contributed by atoms with E-state index in [9.17, 15) is 24.0 Å². The van der Waals surface area contributed by atoms with Crippen molar-refractivity contribution in [2.45, 2.75) is 12.8 Å². The molecule has 33 heavy (non-hydrogen) atoms. The number of ether oxygens (including phenoxy) is 1. The molecular weight excluding hydrogens is 426 g/mol. The van der Waals surface area contributed by atoms with Crippen molar-refractivity contribution in [2.75, 3.05) is 11.5 Å². The Labute approximate surface area is 189 Å². The van der Waals surface area contributed by atoms with Gasteiger partial charge in [0.15, 0.2) is 6.61 Å². The molecule has 0 aromatic heterocycles. The van der Waals surface area contributed by atoms with Crippen LogP contribution < -0.4 is 15.8 Å². The zero-order valence-corrected chi connectivity index (χ0v) is 17.5. The fourth-order valence-corrected chi connectivity index (χ4v) is 3.87. The minimum Gasteiger partial charge on any atom is -0.452 e. The lowest BCUT2D eigenvalue weighted by Crippen LogP contribution is -2.43. The fraction of sp³-hybridized carbons (Fsp3) is 0.208. The van der Waals surface area contributed by atoms with Gasteiger partial charge in [0.1, 0.15) is 0 Å². The first-order valence-corrected chi connectivity index (χ1v) is 10.4. The molecule has 0 unspecified atom stereocenters. The van der Waals surface area contributed by atoms with Crippen LogP contribution in [0.25, 0.3) is 0 Å². The topological polar surface area (TPSA) is 122 Å². The van der Waals surface area contributed by atoms with Gasteiger partial charge in [0.25, 0.3) is 11.8 Å². The maximum Gasteiger partial charge on any atom is 0.338 e. The van der Waals surface area contributed by atoms with Gasteiger partial charge in [-0.25, -0.2) is 4.79 Å². The average molecular weight is 447 g/mol. The summed E-state index contributed by atoms with van der Waals surface area (Å²) >= 11 is 0. The second-order valence-electron chi connectivity index (χ2n) is 7.66. The predicted molar refractivity (Wildman–Crippen MR) is 117 cm³/mol.